The molecule has 15 heavy (non-hydrogen) atoms. The maximum Gasteiger partial charge on any atom is 0.136 e. The Balaban J connectivity index is 2.08. The first kappa shape index (κ1) is 10.7. The summed E-state index contributed by atoms with van der Waals surface area (Å²) in [6.45, 7) is 0. The van der Waals surface area contributed by atoms with Crippen molar-refractivity contribution in [2.24, 2.45) is 5.92 Å². The summed E-state index contributed by atoms with van der Waals surface area (Å²) in [5.74, 6) is 0.591. The van der Waals surface area contributed by atoms with Gasteiger partial charge in [-0.05, 0) is 24.8 Å². The number of halogens is 1. The van der Waals surface area contributed by atoms with Crippen molar-refractivity contribution < 1.29 is 4.79 Å². The van der Waals surface area contributed by atoms with Gasteiger partial charge >= 0.3 is 0 Å². The van der Waals surface area contributed by atoms with Crippen molar-refractivity contribution in [3.63, 3.8) is 0 Å². The Morgan fingerprint density at radius 3 is 3.07 bits per heavy atom. The van der Waals surface area contributed by atoms with Crippen LogP contribution in [0.3, 0.4) is 0 Å². The van der Waals surface area contributed by atoms with Gasteiger partial charge in [-0.25, -0.2) is 0 Å². The van der Waals surface area contributed by atoms with Crippen LogP contribution in [0.1, 0.15) is 31.2 Å². The van der Waals surface area contributed by atoms with E-state index in [0.717, 1.165) is 31.2 Å². The topological polar surface area (TPSA) is 17.1 Å². The smallest absolute Gasteiger partial charge is 0.136 e. The van der Waals surface area contributed by atoms with Crippen LogP contribution in [-0.2, 0) is 11.2 Å². The summed E-state index contributed by atoms with van der Waals surface area (Å²) in [6.07, 6.45) is 4.78. The van der Waals surface area contributed by atoms with Gasteiger partial charge in [0.1, 0.15) is 5.78 Å². The number of hydrogen-bond donors (Lipinski definition) is 0. The van der Waals surface area contributed by atoms with Crippen LogP contribution in [0.4, 0.5) is 0 Å². The summed E-state index contributed by atoms with van der Waals surface area (Å²) >= 11 is 6.02. The average molecular weight is 222 g/mol. The highest BCUT2D eigenvalue weighted by Crippen LogP contribution is 2.26. The summed E-state index contributed by atoms with van der Waals surface area (Å²) < 4.78 is 0. The van der Waals surface area contributed by atoms with E-state index in [1.807, 2.05) is 12.1 Å². The summed E-state index contributed by atoms with van der Waals surface area (Å²) in [7, 11) is 0. The minimum absolute atomic E-state index is 0.187. The number of carbonyl (C=O) groups excluding carboxylic acids is 1. The van der Waals surface area contributed by atoms with Crippen molar-refractivity contribution in [3.8, 4) is 0 Å². The van der Waals surface area contributed by atoms with Crippen LogP contribution >= 0.6 is 11.6 Å². The molecule has 0 heterocycles. The van der Waals surface area contributed by atoms with Crippen LogP contribution in [0, 0.1) is 12.0 Å². The van der Waals surface area contributed by atoms with Gasteiger partial charge in [0.15, 0.2) is 0 Å². The average Bonchev–Trinajstić information content (AvgIpc) is 2.24. The van der Waals surface area contributed by atoms with E-state index in [1.165, 1.54) is 6.42 Å². The third kappa shape index (κ3) is 2.60. The van der Waals surface area contributed by atoms with Gasteiger partial charge < -0.3 is 0 Å². The molecule has 0 saturated heterocycles. The molecule has 79 valence electrons. The second-order valence-corrected chi connectivity index (χ2v) is 4.50. The summed E-state index contributed by atoms with van der Waals surface area (Å²) in [4.78, 5) is 11.7. The zero-order chi connectivity index (χ0) is 10.7. The van der Waals surface area contributed by atoms with E-state index < -0.39 is 0 Å². The van der Waals surface area contributed by atoms with Gasteiger partial charge in [0.2, 0.25) is 0 Å². The number of benzene rings is 1. The first-order valence-corrected chi connectivity index (χ1v) is 5.83. The second-order valence-electron chi connectivity index (χ2n) is 4.12. The molecule has 1 aliphatic carbocycles. The Hall–Kier alpha value is -0.820. The molecule has 0 bridgehead atoms. The normalized spacial score (nSPS) is 21.7. The van der Waals surface area contributed by atoms with E-state index in [0.29, 0.717) is 10.8 Å². The van der Waals surface area contributed by atoms with Crippen LogP contribution in [0.5, 0.6) is 0 Å². The fraction of sp³-hybridized carbons (Fsp3) is 0.462. The van der Waals surface area contributed by atoms with Gasteiger partial charge in [0.05, 0.1) is 5.02 Å². The summed E-state index contributed by atoms with van der Waals surface area (Å²) in [6, 6.07) is 8.67. The molecule has 2 heteroatoms. The number of ketones is 1. The van der Waals surface area contributed by atoms with Crippen molar-refractivity contribution in [2.45, 2.75) is 32.1 Å². The summed E-state index contributed by atoms with van der Waals surface area (Å²) in [5, 5.41) is 0.663. The van der Waals surface area contributed by atoms with Crippen LogP contribution < -0.4 is 0 Å². The molecule has 0 aliphatic heterocycles. The lowest BCUT2D eigenvalue weighted by Gasteiger charge is -2.20. The molecule has 0 amide bonds. The van der Waals surface area contributed by atoms with Gasteiger partial charge in [0, 0.05) is 18.4 Å². The lowest BCUT2D eigenvalue weighted by Crippen LogP contribution is -2.21. The molecule has 1 nitrogen and oxygen atoms in total. The molecule has 1 aromatic carbocycles. The first-order valence-electron chi connectivity index (χ1n) is 5.45. The largest absolute Gasteiger partial charge is 0.299 e. The van der Waals surface area contributed by atoms with E-state index >= 15 is 0 Å². The number of rotatable bonds is 2. The van der Waals surface area contributed by atoms with Crippen molar-refractivity contribution in [2.75, 3.05) is 0 Å². The van der Waals surface area contributed by atoms with Crippen molar-refractivity contribution >= 4 is 17.4 Å². The van der Waals surface area contributed by atoms with Crippen LogP contribution in [0.25, 0.3) is 0 Å². The van der Waals surface area contributed by atoms with Gasteiger partial charge in [-0.15, -0.1) is 0 Å². The monoisotopic (exact) mass is 221 g/mol. The number of Topliss-reactive ketones (excluding diaryl/α,β-unsaturated/α-hetero) is 1. The van der Waals surface area contributed by atoms with Crippen molar-refractivity contribution in [1.29, 1.82) is 0 Å². The van der Waals surface area contributed by atoms with E-state index in [2.05, 4.69) is 6.07 Å². The standard InChI is InChI=1S/C13H14ClO/c14-12-7-3-1-5-10(12)9-11-6-2-4-8-13(11)15/h1,3,5,11H,2,4,6,8-9H2. The highest BCUT2D eigenvalue weighted by molar-refractivity contribution is 6.31. The molecule has 1 saturated carbocycles. The van der Waals surface area contributed by atoms with Gasteiger partial charge in [-0.3, -0.25) is 4.79 Å². The molecule has 1 unspecified atom stereocenters. The Kier molecular flexibility index (Phi) is 3.42. The molecule has 1 aromatic rings. The van der Waals surface area contributed by atoms with Gasteiger partial charge in [0.25, 0.3) is 0 Å². The molecular weight excluding hydrogens is 208 g/mol. The van der Waals surface area contributed by atoms with E-state index in [4.69, 9.17) is 11.6 Å². The van der Waals surface area contributed by atoms with E-state index in [1.54, 1.807) is 6.07 Å². The quantitative estimate of drug-likeness (QED) is 0.748. The molecule has 1 fully saturated rings. The van der Waals surface area contributed by atoms with E-state index in [9.17, 15) is 4.79 Å². The molecule has 0 spiro atoms. The SMILES string of the molecule is O=C1CCCCC1Cc1ccc[c]c1Cl. The van der Waals surface area contributed by atoms with E-state index in [-0.39, 0.29) is 5.92 Å². The Labute approximate surface area is 95.4 Å². The highest BCUT2D eigenvalue weighted by Gasteiger charge is 2.22. The van der Waals surface area contributed by atoms with Crippen molar-refractivity contribution in [3.05, 3.63) is 34.9 Å². The first-order chi connectivity index (χ1) is 7.27. The summed E-state index contributed by atoms with van der Waals surface area (Å²) in [5.41, 5.74) is 1.06. The maximum absolute atomic E-state index is 11.7. The zero-order valence-electron chi connectivity index (χ0n) is 8.63. The fourth-order valence-electron chi connectivity index (χ4n) is 2.15. The predicted molar refractivity (Wildman–Crippen MR) is 61.0 cm³/mol. The Morgan fingerprint density at radius 2 is 2.33 bits per heavy atom. The molecule has 1 radical (unpaired) electrons. The highest BCUT2D eigenvalue weighted by atomic mass is 35.5. The maximum atomic E-state index is 11.7. The third-order valence-corrected chi connectivity index (χ3v) is 3.38. The molecule has 0 aromatic heterocycles. The number of hydrogen-bond acceptors (Lipinski definition) is 1. The molecular formula is C13H14ClO. The lowest BCUT2D eigenvalue weighted by atomic mass is 9.84. The van der Waals surface area contributed by atoms with Crippen LogP contribution in [0.2, 0.25) is 5.02 Å². The second kappa shape index (κ2) is 4.80. The minimum atomic E-state index is 0.187. The lowest BCUT2D eigenvalue weighted by molar-refractivity contribution is -0.124. The van der Waals surface area contributed by atoms with Gasteiger partial charge in [-0.2, -0.15) is 0 Å². The third-order valence-electron chi connectivity index (χ3n) is 3.03. The minimum Gasteiger partial charge on any atom is -0.299 e. The van der Waals surface area contributed by atoms with Crippen LogP contribution in [0.15, 0.2) is 18.2 Å². The Morgan fingerprint density at radius 1 is 1.47 bits per heavy atom. The fourth-order valence-corrected chi connectivity index (χ4v) is 2.35. The molecule has 2 rings (SSSR count). The molecule has 1 aliphatic rings. The van der Waals surface area contributed by atoms with Crippen molar-refractivity contribution in [1.82, 2.24) is 0 Å². The zero-order valence-corrected chi connectivity index (χ0v) is 9.39. The van der Waals surface area contributed by atoms with Gasteiger partial charge in [-0.1, -0.05) is 36.2 Å². The number of carbonyl (C=O) groups is 1. The predicted octanol–water partition coefficient (Wildman–Crippen LogP) is 3.44. The molecule has 1 atom stereocenters. The van der Waals surface area contributed by atoms with Crippen LogP contribution in [-0.4, -0.2) is 5.78 Å². The Bertz CT molecular complexity index is 359. The molecule has 0 N–H and O–H groups in total.